The maximum absolute atomic E-state index is 12.8. The highest BCUT2D eigenvalue weighted by Gasteiger charge is 2.57. The SMILES string of the molecule is NC(=O)CCn1nnnc1SCC1(C(=O)O)CS[C@@H]2C(NC(=O)C(O)c3ccc(O)cc3)C(=O)N2C1. The summed E-state index contributed by atoms with van der Waals surface area (Å²) in [7, 11) is 0. The van der Waals surface area contributed by atoms with Crippen LogP contribution in [0.15, 0.2) is 29.4 Å². The number of nitrogens with two attached hydrogens (primary N) is 1. The van der Waals surface area contributed by atoms with Gasteiger partial charge in [0, 0.05) is 24.5 Å². The molecule has 0 radical (unpaired) electrons. The number of amides is 3. The molecule has 3 amide bonds. The van der Waals surface area contributed by atoms with Gasteiger partial charge in [-0.1, -0.05) is 23.9 Å². The molecule has 2 aliphatic heterocycles. The molecule has 0 spiro atoms. The number of thioether (sulfide) groups is 2. The lowest BCUT2D eigenvalue weighted by molar-refractivity contribution is -0.158. The van der Waals surface area contributed by atoms with Crippen molar-refractivity contribution in [3.8, 4) is 5.75 Å². The van der Waals surface area contributed by atoms with Crippen LogP contribution >= 0.6 is 23.5 Å². The number of carbonyl (C=O) groups excluding carboxylic acids is 3. The lowest BCUT2D eigenvalue weighted by Crippen LogP contribution is -2.74. The van der Waals surface area contributed by atoms with E-state index in [0.717, 1.165) is 11.8 Å². The quantitative estimate of drug-likeness (QED) is 0.174. The number of primary amides is 1. The molecule has 4 atom stereocenters. The summed E-state index contributed by atoms with van der Waals surface area (Å²) >= 11 is 2.33. The molecule has 14 nitrogen and oxygen atoms in total. The minimum atomic E-state index is -1.53. The van der Waals surface area contributed by atoms with Crippen molar-refractivity contribution in [2.45, 2.75) is 35.6 Å². The normalized spacial score (nSPS) is 23.9. The number of rotatable bonds is 10. The molecular weight excluding hydrogens is 514 g/mol. The Kier molecular flexibility index (Phi) is 7.37. The summed E-state index contributed by atoms with van der Waals surface area (Å²) in [5, 5.41) is 43.3. The Morgan fingerprint density at radius 3 is 2.69 bits per heavy atom. The molecule has 6 N–H and O–H groups in total. The van der Waals surface area contributed by atoms with Gasteiger partial charge < -0.3 is 31.3 Å². The van der Waals surface area contributed by atoms with E-state index >= 15 is 0 Å². The molecule has 3 unspecified atom stereocenters. The largest absolute Gasteiger partial charge is 0.508 e. The van der Waals surface area contributed by atoms with Crippen molar-refractivity contribution >= 4 is 47.2 Å². The molecule has 2 aliphatic rings. The van der Waals surface area contributed by atoms with Gasteiger partial charge >= 0.3 is 5.97 Å². The smallest absolute Gasteiger partial charge is 0.313 e. The van der Waals surface area contributed by atoms with Crippen LogP contribution in [0, 0.1) is 5.41 Å². The fourth-order valence-corrected chi connectivity index (χ4v) is 6.57. The van der Waals surface area contributed by atoms with E-state index in [1.54, 1.807) is 0 Å². The molecule has 0 saturated carbocycles. The number of fused-ring (bicyclic) bond motifs is 1. The van der Waals surface area contributed by atoms with Crippen molar-refractivity contribution in [3.05, 3.63) is 29.8 Å². The molecule has 16 heteroatoms. The van der Waals surface area contributed by atoms with E-state index in [1.807, 2.05) is 0 Å². The summed E-state index contributed by atoms with van der Waals surface area (Å²) in [6.45, 7) is 0.0884. The number of benzene rings is 1. The number of aryl methyl sites for hydroxylation is 1. The summed E-state index contributed by atoms with van der Waals surface area (Å²) in [5.41, 5.74) is 4.12. The number of phenolic OH excluding ortho intramolecular Hbond substituents is 1. The molecule has 2 fully saturated rings. The molecule has 2 aromatic rings. The lowest BCUT2D eigenvalue weighted by Gasteiger charge is -2.53. The Labute approximate surface area is 212 Å². The number of nitrogens with one attached hydrogen (secondary N) is 1. The van der Waals surface area contributed by atoms with Crippen LogP contribution in [0.1, 0.15) is 18.1 Å². The highest BCUT2D eigenvalue weighted by atomic mass is 32.2. The summed E-state index contributed by atoms with van der Waals surface area (Å²) in [5.74, 6) is -2.60. The van der Waals surface area contributed by atoms with Gasteiger partial charge in [0.05, 0.1) is 6.54 Å². The van der Waals surface area contributed by atoms with Crippen molar-refractivity contribution in [2.75, 3.05) is 18.1 Å². The predicted octanol–water partition coefficient (Wildman–Crippen LogP) is -1.45. The van der Waals surface area contributed by atoms with Gasteiger partial charge in [-0.15, -0.1) is 16.9 Å². The molecule has 0 bridgehead atoms. The average molecular weight is 538 g/mol. The number of carboxylic acid groups (broad SMARTS) is 1. The first-order chi connectivity index (χ1) is 17.1. The summed E-state index contributed by atoms with van der Waals surface area (Å²) < 4.78 is 1.36. The number of hydrogen-bond donors (Lipinski definition) is 5. The van der Waals surface area contributed by atoms with Gasteiger partial charge in [-0.2, -0.15) is 0 Å². The number of aliphatic carboxylic acids is 1. The molecule has 1 aromatic heterocycles. The number of hydrogen-bond acceptors (Lipinski definition) is 11. The van der Waals surface area contributed by atoms with Gasteiger partial charge in [-0.25, -0.2) is 4.68 Å². The van der Waals surface area contributed by atoms with Crippen LogP contribution in [-0.4, -0.2) is 93.6 Å². The van der Waals surface area contributed by atoms with E-state index in [1.165, 1.54) is 45.6 Å². The number of aliphatic hydroxyl groups is 1. The third-order valence-corrected chi connectivity index (χ3v) is 8.74. The monoisotopic (exact) mass is 537 g/mol. The molecule has 36 heavy (non-hydrogen) atoms. The van der Waals surface area contributed by atoms with Gasteiger partial charge in [0.2, 0.25) is 17.0 Å². The number of aromatic hydroxyl groups is 1. The molecule has 2 saturated heterocycles. The van der Waals surface area contributed by atoms with E-state index < -0.39 is 46.6 Å². The third-order valence-electron chi connectivity index (χ3n) is 5.90. The second-order valence-electron chi connectivity index (χ2n) is 8.42. The first-order valence-electron chi connectivity index (χ1n) is 10.7. The molecular formula is C20H23N7O7S2. The number of carboxylic acids is 1. The minimum absolute atomic E-state index is 0.0167. The Hall–Kier alpha value is -3.37. The maximum atomic E-state index is 12.8. The van der Waals surface area contributed by atoms with Crippen LogP contribution in [-0.2, 0) is 25.7 Å². The molecule has 1 aromatic carbocycles. The van der Waals surface area contributed by atoms with E-state index in [-0.39, 0.29) is 42.3 Å². The number of aliphatic hydroxyl groups excluding tert-OH is 1. The Morgan fingerprint density at radius 2 is 2.03 bits per heavy atom. The van der Waals surface area contributed by atoms with Crippen LogP contribution in [0.3, 0.4) is 0 Å². The van der Waals surface area contributed by atoms with Gasteiger partial charge in [-0.3, -0.25) is 19.2 Å². The summed E-state index contributed by atoms with van der Waals surface area (Å²) in [4.78, 5) is 50.0. The number of tetrazole rings is 1. The molecule has 192 valence electrons. The minimum Gasteiger partial charge on any atom is -0.508 e. The van der Waals surface area contributed by atoms with E-state index in [9.17, 15) is 34.5 Å². The Balaban J connectivity index is 1.37. The maximum Gasteiger partial charge on any atom is 0.313 e. The van der Waals surface area contributed by atoms with Crippen molar-refractivity contribution in [2.24, 2.45) is 11.1 Å². The second-order valence-corrected chi connectivity index (χ2v) is 10.5. The topological polar surface area (TPSA) is 214 Å². The Morgan fingerprint density at radius 1 is 1.31 bits per heavy atom. The fourth-order valence-electron chi connectivity index (χ4n) is 3.81. The zero-order valence-electron chi connectivity index (χ0n) is 18.7. The average Bonchev–Trinajstić information content (AvgIpc) is 3.31. The lowest BCUT2D eigenvalue weighted by atomic mass is 9.89. The first kappa shape index (κ1) is 25.7. The number of aromatic nitrogens is 4. The van der Waals surface area contributed by atoms with Crippen LogP contribution in [0.2, 0.25) is 0 Å². The van der Waals surface area contributed by atoms with Gasteiger partial charge in [0.25, 0.3) is 5.91 Å². The van der Waals surface area contributed by atoms with Gasteiger partial charge in [-0.05, 0) is 28.1 Å². The van der Waals surface area contributed by atoms with Crippen LogP contribution in [0.25, 0.3) is 0 Å². The third kappa shape index (κ3) is 5.10. The number of carbonyl (C=O) groups is 4. The standard InChI is InChI=1S/C20H23N7O7S2/c21-12(29)5-6-27-19(23-24-25-27)36-9-20(18(33)34)7-26-16(32)13(17(26)35-8-20)22-15(31)14(30)10-1-3-11(28)4-2-10/h1-4,13-14,17,28,30H,5-9H2,(H2,21,29)(H,22,31)(H,33,34)/t13?,14?,17-,20?/m1/s1. The number of nitrogens with zero attached hydrogens (tertiary/aromatic N) is 5. The Bertz CT molecular complexity index is 1180. The summed E-state index contributed by atoms with van der Waals surface area (Å²) in [6, 6.07) is 4.56. The van der Waals surface area contributed by atoms with E-state index in [4.69, 9.17) is 5.73 Å². The molecule has 0 aliphatic carbocycles. The first-order valence-corrected chi connectivity index (χ1v) is 12.7. The zero-order chi connectivity index (χ0) is 26.0. The fraction of sp³-hybridized carbons (Fsp3) is 0.450. The van der Waals surface area contributed by atoms with Crippen molar-refractivity contribution in [1.29, 1.82) is 0 Å². The zero-order valence-corrected chi connectivity index (χ0v) is 20.3. The van der Waals surface area contributed by atoms with Crippen molar-refractivity contribution < 1.29 is 34.5 Å². The second kappa shape index (κ2) is 10.3. The number of β-lactam (4-membered cyclic amide) rings is 1. The highest BCUT2D eigenvalue weighted by Crippen LogP contribution is 2.44. The predicted molar refractivity (Wildman–Crippen MR) is 125 cm³/mol. The highest BCUT2D eigenvalue weighted by molar-refractivity contribution is 8.00. The molecule has 3 heterocycles. The summed E-state index contributed by atoms with van der Waals surface area (Å²) in [6.07, 6.45) is -1.51. The van der Waals surface area contributed by atoms with Crippen LogP contribution in [0.5, 0.6) is 5.75 Å². The van der Waals surface area contributed by atoms with Crippen LogP contribution in [0.4, 0.5) is 0 Å². The van der Waals surface area contributed by atoms with Gasteiger partial charge in [0.15, 0.2) is 6.10 Å². The van der Waals surface area contributed by atoms with Crippen LogP contribution < -0.4 is 11.1 Å². The number of phenols is 1. The van der Waals surface area contributed by atoms with Crippen molar-refractivity contribution in [3.63, 3.8) is 0 Å². The van der Waals surface area contributed by atoms with Gasteiger partial charge in [0.1, 0.15) is 22.6 Å². The van der Waals surface area contributed by atoms with E-state index in [2.05, 4.69) is 20.8 Å². The molecule has 4 rings (SSSR count). The van der Waals surface area contributed by atoms with Crippen molar-refractivity contribution in [1.82, 2.24) is 30.4 Å². The van der Waals surface area contributed by atoms with E-state index in [0.29, 0.717) is 5.16 Å².